The normalized spacial score (nSPS) is 8.29. The predicted octanol–water partition coefficient (Wildman–Crippen LogP) is 0.898. The van der Waals surface area contributed by atoms with Gasteiger partial charge in [-0.05, 0) is 18.2 Å². The first-order chi connectivity index (χ1) is 6.61. The van der Waals surface area contributed by atoms with Crippen LogP contribution < -0.4 is 0 Å². The van der Waals surface area contributed by atoms with Gasteiger partial charge >= 0.3 is 11.9 Å². The Bertz CT molecular complexity index is 316. The molecule has 14 heavy (non-hydrogen) atoms. The minimum absolute atomic E-state index is 0.0186. The average Bonchev–Trinajstić information content (AvgIpc) is 2.21. The maximum absolute atomic E-state index is 10.4. The van der Waals surface area contributed by atoms with Gasteiger partial charge in [-0.2, -0.15) is 0 Å². The number of carbonyl (C=O) groups is 3. The quantitative estimate of drug-likeness (QED) is 0.733. The van der Waals surface area contributed by atoms with Crippen molar-refractivity contribution in [1.29, 1.82) is 0 Å². The highest BCUT2D eigenvalue weighted by atomic mass is 16.4. The summed E-state index contributed by atoms with van der Waals surface area (Å²) in [6.07, 6.45) is 0. The molecule has 1 aromatic carbocycles. The fraction of sp³-hybridized carbons (Fsp3) is 0. The summed E-state index contributed by atoms with van der Waals surface area (Å²) in [6.45, 7) is 2.00. The van der Waals surface area contributed by atoms with Crippen LogP contribution in [0.1, 0.15) is 20.7 Å². The van der Waals surface area contributed by atoms with Crippen LogP contribution in [-0.2, 0) is 4.79 Å². The van der Waals surface area contributed by atoms with Gasteiger partial charge in [0.05, 0.1) is 11.1 Å². The molecule has 1 aromatic rings. The number of benzene rings is 1. The van der Waals surface area contributed by atoms with Crippen molar-refractivity contribution in [2.45, 2.75) is 0 Å². The molecule has 74 valence electrons. The molecule has 0 atom stereocenters. The van der Waals surface area contributed by atoms with Gasteiger partial charge in [-0.25, -0.2) is 9.59 Å². The summed E-state index contributed by atoms with van der Waals surface area (Å²) in [5.74, 6) is -2.25. The third kappa shape index (κ3) is 3.06. The van der Waals surface area contributed by atoms with Crippen molar-refractivity contribution in [3.05, 3.63) is 35.4 Å². The van der Waals surface area contributed by atoms with Gasteiger partial charge in [0, 0.05) is 0 Å². The van der Waals surface area contributed by atoms with E-state index in [2.05, 4.69) is 0 Å². The summed E-state index contributed by atoms with van der Waals surface area (Å²) >= 11 is 0. The zero-order valence-electron chi connectivity index (χ0n) is 7.14. The van der Waals surface area contributed by atoms with E-state index < -0.39 is 11.9 Å². The Morgan fingerprint density at radius 2 is 1.36 bits per heavy atom. The van der Waals surface area contributed by atoms with Gasteiger partial charge in [-0.3, -0.25) is 0 Å². The Morgan fingerprint density at radius 3 is 1.64 bits per heavy atom. The first-order valence-electron chi connectivity index (χ1n) is 3.47. The fourth-order valence-electron chi connectivity index (χ4n) is 0.785. The summed E-state index contributed by atoms with van der Waals surface area (Å²) in [5.41, 5.74) is -0.0372. The zero-order chi connectivity index (χ0) is 11.1. The minimum atomic E-state index is -1.13. The molecule has 0 aliphatic heterocycles. The third-order valence-corrected chi connectivity index (χ3v) is 1.36. The van der Waals surface area contributed by atoms with Gasteiger partial charge in [-0.1, -0.05) is 6.07 Å². The highest BCUT2D eigenvalue weighted by Gasteiger charge is 2.06. The van der Waals surface area contributed by atoms with Crippen molar-refractivity contribution in [3.8, 4) is 0 Å². The molecular formula is C9H8O5. The summed E-state index contributed by atoms with van der Waals surface area (Å²) in [4.78, 5) is 28.8. The van der Waals surface area contributed by atoms with Crippen LogP contribution in [0.25, 0.3) is 0 Å². The summed E-state index contributed by atoms with van der Waals surface area (Å²) in [7, 11) is 0. The molecule has 0 spiro atoms. The van der Waals surface area contributed by atoms with Crippen molar-refractivity contribution in [2.24, 2.45) is 0 Å². The van der Waals surface area contributed by atoms with Crippen LogP contribution >= 0.6 is 0 Å². The van der Waals surface area contributed by atoms with Crippen LogP contribution in [0.2, 0.25) is 0 Å². The van der Waals surface area contributed by atoms with E-state index in [0.717, 1.165) is 6.07 Å². The van der Waals surface area contributed by atoms with Crippen molar-refractivity contribution < 1.29 is 24.6 Å². The predicted molar refractivity (Wildman–Crippen MR) is 47.5 cm³/mol. The van der Waals surface area contributed by atoms with Crippen LogP contribution in [0.15, 0.2) is 24.3 Å². The molecular weight excluding hydrogens is 188 g/mol. The fourth-order valence-corrected chi connectivity index (χ4v) is 0.785. The lowest BCUT2D eigenvalue weighted by molar-refractivity contribution is -0.0980. The van der Waals surface area contributed by atoms with E-state index in [1.807, 2.05) is 6.79 Å². The lowest BCUT2D eigenvalue weighted by Gasteiger charge is -1.95. The standard InChI is InChI=1S/C8H6O4.CH2O/c9-7(10)5-2-1-3-6(4-5)8(11)12;1-2/h1-4H,(H,9,10)(H,11,12);1H2. The molecule has 0 aromatic heterocycles. The summed E-state index contributed by atoms with van der Waals surface area (Å²) < 4.78 is 0. The van der Waals surface area contributed by atoms with Gasteiger partial charge in [-0.15, -0.1) is 0 Å². The lowest BCUT2D eigenvalue weighted by Crippen LogP contribution is -2.01. The Balaban J connectivity index is 0.000000791. The molecule has 1 rings (SSSR count). The van der Waals surface area contributed by atoms with E-state index in [9.17, 15) is 9.59 Å². The number of hydrogen-bond donors (Lipinski definition) is 2. The monoisotopic (exact) mass is 196 g/mol. The molecule has 0 bridgehead atoms. The van der Waals surface area contributed by atoms with Crippen molar-refractivity contribution in [2.75, 3.05) is 0 Å². The Labute approximate surface area is 79.6 Å². The van der Waals surface area contributed by atoms with E-state index in [4.69, 9.17) is 15.0 Å². The largest absolute Gasteiger partial charge is 0.478 e. The lowest BCUT2D eigenvalue weighted by atomic mass is 10.1. The second-order valence-corrected chi connectivity index (χ2v) is 2.19. The number of carboxylic acids is 2. The molecule has 5 heteroatoms. The number of carbonyl (C=O) groups excluding carboxylic acids is 1. The van der Waals surface area contributed by atoms with Crippen LogP contribution in [0, 0.1) is 0 Å². The first-order valence-corrected chi connectivity index (χ1v) is 3.47. The summed E-state index contributed by atoms with van der Waals surface area (Å²) in [5, 5.41) is 17.0. The maximum Gasteiger partial charge on any atom is 0.335 e. The molecule has 0 fully saturated rings. The molecule has 0 radical (unpaired) electrons. The van der Waals surface area contributed by atoms with E-state index in [-0.39, 0.29) is 11.1 Å². The highest BCUT2D eigenvalue weighted by molar-refractivity contribution is 5.93. The molecule has 0 aliphatic rings. The Kier molecular flexibility index (Phi) is 4.62. The molecule has 2 N–H and O–H groups in total. The molecule has 0 aliphatic carbocycles. The second-order valence-electron chi connectivity index (χ2n) is 2.19. The first kappa shape index (κ1) is 11.8. The molecule has 0 saturated carbocycles. The Hall–Kier alpha value is -2.17. The Morgan fingerprint density at radius 1 is 1.00 bits per heavy atom. The number of aromatic carboxylic acids is 2. The van der Waals surface area contributed by atoms with E-state index >= 15 is 0 Å². The van der Waals surface area contributed by atoms with Crippen LogP contribution in [-0.4, -0.2) is 28.9 Å². The third-order valence-electron chi connectivity index (χ3n) is 1.36. The smallest absolute Gasteiger partial charge is 0.335 e. The number of hydrogen-bond acceptors (Lipinski definition) is 3. The number of carboxylic acid groups (broad SMARTS) is 2. The highest BCUT2D eigenvalue weighted by Crippen LogP contribution is 2.04. The SMILES string of the molecule is C=O.O=C(O)c1cccc(C(=O)O)c1. The minimum Gasteiger partial charge on any atom is -0.478 e. The van der Waals surface area contributed by atoms with E-state index in [1.54, 1.807) is 0 Å². The van der Waals surface area contributed by atoms with Gasteiger partial charge in [0.25, 0.3) is 0 Å². The van der Waals surface area contributed by atoms with Crippen LogP contribution in [0.3, 0.4) is 0 Å². The average molecular weight is 196 g/mol. The second kappa shape index (κ2) is 5.47. The van der Waals surface area contributed by atoms with Crippen molar-refractivity contribution >= 4 is 18.7 Å². The zero-order valence-corrected chi connectivity index (χ0v) is 7.14. The molecule has 0 unspecified atom stereocenters. The molecule has 5 nitrogen and oxygen atoms in total. The van der Waals surface area contributed by atoms with Crippen LogP contribution in [0.5, 0.6) is 0 Å². The maximum atomic E-state index is 10.4. The van der Waals surface area contributed by atoms with E-state index in [1.165, 1.54) is 18.2 Å². The van der Waals surface area contributed by atoms with Gasteiger partial charge in [0.1, 0.15) is 6.79 Å². The van der Waals surface area contributed by atoms with Gasteiger partial charge in [0.2, 0.25) is 0 Å². The van der Waals surface area contributed by atoms with Gasteiger partial charge < -0.3 is 15.0 Å². The van der Waals surface area contributed by atoms with Gasteiger partial charge in [0.15, 0.2) is 0 Å². The van der Waals surface area contributed by atoms with E-state index in [0.29, 0.717) is 0 Å². The van der Waals surface area contributed by atoms with Crippen LogP contribution in [0.4, 0.5) is 0 Å². The number of rotatable bonds is 2. The summed E-state index contributed by atoms with van der Waals surface area (Å²) in [6, 6.07) is 5.20. The van der Waals surface area contributed by atoms with Crippen molar-refractivity contribution in [1.82, 2.24) is 0 Å². The molecule has 0 heterocycles. The topological polar surface area (TPSA) is 91.7 Å². The molecule has 0 saturated heterocycles. The van der Waals surface area contributed by atoms with Crippen molar-refractivity contribution in [3.63, 3.8) is 0 Å². The molecule has 0 amide bonds.